The molecule has 2 N–H and O–H groups in total. The van der Waals surface area contributed by atoms with Crippen LogP contribution in [0.15, 0.2) is 18.2 Å². The molecule has 1 unspecified atom stereocenters. The minimum Gasteiger partial charge on any atom is -0.484 e. The molecule has 118 valence electrons. The molecule has 0 saturated heterocycles. The van der Waals surface area contributed by atoms with Gasteiger partial charge in [0.05, 0.1) is 0 Å². The summed E-state index contributed by atoms with van der Waals surface area (Å²) in [6.07, 6.45) is 1.46. The van der Waals surface area contributed by atoms with Crippen molar-refractivity contribution in [1.29, 1.82) is 0 Å². The maximum absolute atomic E-state index is 11.8. The number of rotatable bonds is 8. The highest BCUT2D eigenvalue weighted by Crippen LogP contribution is 2.23. The minimum atomic E-state index is -0.133. The van der Waals surface area contributed by atoms with Gasteiger partial charge in [-0.2, -0.15) is 0 Å². The number of hydrogen-bond acceptors (Lipinski definition) is 3. The van der Waals surface area contributed by atoms with Gasteiger partial charge in [-0.1, -0.05) is 19.9 Å². The van der Waals surface area contributed by atoms with E-state index in [0.717, 1.165) is 12.2 Å². The third kappa shape index (κ3) is 6.17. The molecule has 4 nitrogen and oxygen atoms in total. The van der Waals surface area contributed by atoms with Crippen LogP contribution in [0.4, 0.5) is 0 Å². The highest BCUT2D eigenvalue weighted by atomic mass is 16.5. The smallest absolute Gasteiger partial charge is 0.258 e. The van der Waals surface area contributed by atoms with Gasteiger partial charge in [-0.05, 0) is 55.9 Å². The number of aliphatic hydroxyl groups is 1. The van der Waals surface area contributed by atoms with E-state index in [0.29, 0.717) is 12.3 Å². The van der Waals surface area contributed by atoms with E-state index in [1.165, 1.54) is 11.1 Å². The van der Waals surface area contributed by atoms with Crippen molar-refractivity contribution < 1.29 is 14.6 Å². The molecule has 4 heteroatoms. The zero-order valence-corrected chi connectivity index (χ0v) is 13.5. The first-order chi connectivity index (χ1) is 9.93. The van der Waals surface area contributed by atoms with Crippen molar-refractivity contribution in [2.45, 2.75) is 52.5 Å². The average Bonchev–Trinajstić information content (AvgIpc) is 2.42. The van der Waals surface area contributed by atoms with Crippen LogP contribution in [0.5, 0.6) is 5.75 Å². The van der Waals surface area contributed by atoms with Crippen molar-refractivity contribution in [2.75, 3.05) is 13.2 Å². The van der Waals surface area contributed by atoms with Crippen molar-refractivity contribution in [3.8, 4) is 5.75 Å². The van der Waals surface area contributed by atoms with Gasteiger partial charge in [0.25, 0.3) is 5.91 Å². The first-order valence-electron chi connectivity index (χ1n) is 7.57. The Bertz CT molecular complexity index is 457. The normalized spacial score (nSPS) is 12.3. The Morgan fingerprint density at radius 2 is 2.05 bits per heavy atom. The van der Waals surface area contributed by atoms with Crippen LogP contribution < -0.4 is 10.1 Å². The molecule has 0 aliphatic carbocycles. The van der Waals surface area contributed by atoms with E-state index in [9.17, 15) is 4.79 Å². The van der Waals surface area contributed by atoms with E-state index in [1.54, 1.807) is 0 Å². The summed E-state index contributed by atoms with van der Waals surface area (Å²) in [4.78, 5) is 11.8. The summed E-state index contributed by atoms with van der Waals surface area (Å²) in [5, 5.41) is 11.6. The lowest BCUT2D eigenvalue weighted by Crippen LogP contribution is -2.36. The number of carbonyl (C=O) groups is 1. The van der Waals surface area contributed by atoms with Gasteiger partial charge in [0.15, 0.2) is 6.61 Å². The molecular weight excluding hydrogens is 266 g/mol. The SMILES string of the molecule is Cc1cc(OCC(=O)NC(C)CCCO)ccc1C(C)C. The topological polar surface area (TPSA) is 58.6 Å². The monoisotopic (exact) mass is 293 g/mol. The van der Waals surface area contributed by atoms with Crippen LogP contribution in [0.2, 0.25) is 0 Å². The quantitative estimate of drug-likeness (QED) is 0.775. The van der Waals surface area contributed by atoms with Crippen molar-refractivity contribution in [2.24, 2.45) is 0 Å². The Balaban J connectivity index is 2.44. The predicted octanol–water partition coefficient (Wildman–Crippen LogP) is 2.77. The van der Waals surface area contributed by atoms with E-state index in [1.807, 2.05) is 19.1 Å². The second-order valence-electron chi connectivity index (χ2n) is 5.80. The zero-order valence-electron chi connectivity index (χ0n) is 13.5. The van der Waals surface area contributed by atoms with Crippen LogP contribution in [0, 0.1) is 6.92 Å². The van der Waals surface area contributed by atoms with Crippen LogP contribution in [0.25, 0.3) is 0 Å². The van der Waals surface area contributed by atoms with Gasteiger partial charge in [-0.25, -0.2) is 0 Å². The number of hydrogen-bond donors (Lipinski definition) is 2. The molecule has 1 aromatic carbocycles. The van der Waals surface area contributed by atoms with Crippen LogP contribution in [0.1, 0.15) is 50.7 Å². The van der Waals surface area contributed by atoms with Gasteiger partial charge in [0.2, 0.25) is 0 Å². The van der Waals surface area contributed by atoms with Crippen LogP contribution >= 0.6 is 0 Å². The molecule has 0 bridgehead atoms. The average molecular weight is 293 g/mol. The third-order valence-electron chi connectivity index (χ3n) is 3.44. The molecule has 0 heterocycles. The third-order valence-corrected chi connectivity index (χ3v) is 3.44. The fourth-order valence-electron chi connectivity index (χ4n) is 2.32. The number of aryl methyl sites for hydroxylation is 1. The predicted molar refractivity (Wildman–Crippen MR) is 84.7 cm³/mol. The molecule has 0 radical (unpaired) electrons. The summed E-state index contributed by atoms with van der Waals surface area (Å²) >= 11 is 0. The lowest BCUT2D eigenvalue weighted by atomic mass is 9.98. The maximum Gasteiger partial charge on any atom is 0.258 e. The summed E-state index contributed by atoms with van der Waals surface area (Å²) in [6.45, 7) is 8.46. The van der Waals surface area contributed by atoms with Crippen molar-refractivity contribution in [1.82, 2.24) is 5.32 Å². The molecule has 0 aliphatic heterocycles. The highest BCUT2D eigenvalue weighted by molar-refractivity contribution is 5.77. The lowest BCUT2D eigenvalue weighted by Gasteiger charge is -2.15. The summed E-state index contributed by atoms with van der Waals surface area (Å²) in [5.41, 5.74) is 2.48. The number of benzene rings is 1. The van der Waals surface area contributed by atoms with E-state index in [4.69, 9.17) is 9.84 Å². The summed E-state index contributed by atoms with van der Waals surface area (Å²) < 4.78 is 5.53. The Labute approximate surface area is 127 Å². The molecule has 0 aliphatic rings. The van der Waals surface area contributed by atoms with Crippen LogP contribution in [-0.2, 0) is 4.79 Å². The van der Waals surface area contributed by atoms with Gasteiger partial charge in [0.1, 0.15) is 5.75 Å². The number of carbonyl (C=O) groups excluding carboxylic acids is 1. The van der Waals surface area contributed by atoms with Gasteiger partial charge in [-0.15, -0.1) is 0 Å². The van der Waals surface area contributed by atoms with E-state index in [2.05, 4.69) is 32.2 Å². The van der Waals surface area contributed by atoms with Gasteiger partial charge < -0.3 is 15.2 Å². The van der Waals surface area contributed by atoms with E-state index < -0.39 is 0 Å². The molecule has 1 amide bonds. The van der Waals surface area contributed by atoms with Crippen LogP contribution in [-0.4, -0.2) is 30.3 Å². The molecule has 0 fully saturated rings. The van der Waals surface area contributed by atoms with Crippen LogP contribution in [0.3, 0.4) is 0 Å². The lowest BCUT2D eigenvalue weighted by molar-refractivity contribution is -0.123. The Morgan fingerprint density at radius 3 is 2.62 bits per heavy atom. The van der Waals surface area contributed by atoms with E-state index >= 15 is 0 Å². The van der Waals surface area contributed by atoms with Gasteiger partial charge in [0, 0.05) is 12.6 Å². The fraction of sp³-hybridized carbons (Fsp3) is 0.588. The first-order valence-corrected chi connectivity index (χ1v) is 7.57. The molecule has 1 aromatic rings. The molecule has 0 aromatic heterocycles. The second kappa shape index (κ2) is 8.67. The summed E-state index contributed by atoms with van der Waals surface area (Å²) in [7, 11) is 0. The standard InChI is InChI=1S/C17H27NO3/c1-12(2)16-8-7-15(10-13(16)3)21-11-17(20)18-14(4)6-5-9-19/h7-8,10,12,14,19H,5-6,9,11H2,1-4H3,(H,18,20). The maximum atomic E-state index is 11.8. The van der Waals surface area contributed by atoms with Crippen molar-refractivity contribution in [3.05, 3.63) is 29.3 Å². The molecule has 1 rings (SSSR count). The van der Waals surface area contributed by atoms with Gasteiger partial charge >= 0.3 is 0 Å². The number of amides is 1. The molecule has 21 heavy (non-hydrogen) atoms. The number of ether oxygens (including phenoxy) is 1. The minimum absolute atomic E-state index is 0.0178. The Morgan fingerprint density at radius 1 is 1.33 bits per heavy atom. The number of nitrogens with one attached hydrogen (secondary N) is 1. The fourth-order valence-corrected chi connectivity index (χ4v) is 2.32. The first kappa shape index (κ1) is 17.5. The van der Waals surface area contributed by atoms with Crippen molar-refractivity contribution in [3.63, 3.8) is 0 Å². The molecule has 1 atom stereocenters. The van der Waals surface area contributed by atoms with Gasteiger partial charge in [-0.3, -0.25) is 4.79 Å². The Hall–Kier alpha value is -1.55. The second-order valence-corrected chi connectivity index (χ2v) is 5.80. The highest BCUT2D eigenvalue weighted by Gasteiger charge is 2.09. The van der Waals surface area contributed by atoms with Crippen molar-refractivity contribution >= 4 is 5.91 Å². The molecular formula is C17H27NO3. The van der Waals surface area contributed by atoms with E-state index in [-0.39, 0.29) is 25.2 Å². The Kier molecular flexibility index (Phi) is 7.23. The largest absolute Gasteiger partial charge is 0.484 e. The summed E-state index contributed by atoms with van der Waals surface area (Å²) in [5.74, 6) is 1.07. The number of aliphatic hydroxyl groups excluding tert-OH is 1. The summed E-state index contributed by atoms with van der Waals surface area (Å²) in [6, 6.07) is 5.98. The zero-order chi connectivity index (χ0) is 15.8. The molecule has 0 spiro atoms. The molecule has 0 saturated carbocycles.